The van der Waals surface area contributed by atoms with Gasteiger partial charge < -0.3 is 26.0 Å². The standard InChI is InChI=1S/C24H26N8O2/c1-34-19-4-2-17(3-5-19)31-24(33)20-14-30-22(32-23-15-27-18(11-25)13-29-23)10-21(20)28-12-16-6-8-26-9-7-16/h2-5,10,13-16,26H,6-9,12H2,1H3,(H,31,33)(H2,28,29,30,32). The fraction of sp³-hybridized carbons (Fsp3) is 0.292. The SMILES string of the molecule is COc1ccc(NC(=O)c2cnc(Nc3cnc(C#N)cn3)cc2NCC2CCNCC2)cc1. The number of nitrogens with zero attached hydrogens (tertiary/aromatic N) is 4. The van der Waals surface area contributed by atoms with Gasteiger partial charge in [-0.2, -0.15) is 5.26 Å². The fourth-order valence-electron chi connectivity index (χ4n) is 3.65. The lowest BCUT2D eigenvalue weighted by Gasteiger charge is -2.24. The van der Waals surface area contributed by atoms with E-state index in [1.165, 1.54) is 18.6 Å². The largest absolute Gasteiger partial charge is 0.497 e. The monoisotopic (exact) mass is 458 g/mol. The first-order chi connectivity index (χ1) is 16.6. The van der Waals surface area contributed by atoms with Crippen LogP contribution in [0.3, 0.4) is 0 Å². The van der Waals surface area contributed by atoms with Crippen LogP contribution in [-0.4, -0.2) is 47.6 Å². The van der Waals surface area contributed by atoms with E-state index in [1.807, 2.05) is 6.07 Å². The van der Waals surface area contributed by atoms with Gasteiger partial charge >= 0.3 is 0 Å². The van der Waals surface area contributed by atoms with Crippen molar-refractivity contribution >= 4 is 28.9 Å². The fourth-order valence-corrected chi connectivity index (χ4v) is 3.65. The number of nitrogens with one attached hydrogen (secondary N) is 4. The highest BCUT2D eigenvalue weighted by Crippen LogP contribution is 2.24. The lowest BCUT2D eigenvalue weighted by molar-refractivity contribution is 0.102. The molecule has 1 fully saturated rings. The van der Waals surface area contributed by atoms with Crippen molar-refractivity contribution in [2.24, 2.45) is 5.92 Å². The highest BCUT2D eigenvalue weighted by molar-refractivity contribution is 6.08. The van der Waals surface area contributed by atoms with Gasteiger partial charge in [0.05, 0.1) is 30.8 Å². The van der Waals surface area contributed by atoms with Crippen LogP contribution in [0.2, 0.25) is 0 Å². The van der Waals surface area contributed by atoms with E-state index in [2.05, 4.69) is 36.2 Å². The number of amides is 1. The number of anilines is 4. The Morgan fingerprint density at radius 3 is 2.56 bits per heavy atom. The Morgan fingerprint density at radius 1 is 1.12 bits per heavy atom. The molecule has 2 aromatic heterocycles. The van der Waals surface area contributed by atoms with Gasteiger partial charge in [-0.05, 0) is 56.1 Å². The summed E-state index contributed by atoms with van der Waals surface area (Å²) in [6.07, 6.45) is 6.54. The van der Waals surface area contributed by atoms with E-state index in [0.29, 0.717) is 40.2 Å². The minimum Gasteiger partial charge on any atom is -0.497 e. The Balaban J connectivity index is 1.53. The predicted octanol–water partition coefficient (Wildman–Crippen LogP) is 3.16. The van der Waals surface area contributed by atoms with Crippen LogP contribution in [0.25, 0.3) is 0 Å². The first-order valence-corrected chi connectivity index (χ1v) is 11.0. The quantitative estimate of drug-likeness (QED) is 0.401. The number of hydrogen-bond donors (Lipinski definition) is 4. The number of rotatable bonds is 8. The molecule has 10 heteroatoms. The van der Waals surface area contributed by atoms with Crippen LogP contribution in [-0.2, 0) is 0 Å². The Labute approximate surface area is 197 Å². The van der Waals surface area contributed by atoms with Gasteiger partial charge in [0.2, 0.25) is 0 Å². The predicted molar refractivity (Wildman–Crippen MR) is 129 cm³/mol. The van der Waals surface area contributed by atoms with E-state index in [-0.39, 0.29) is 11.6 Å². The molecule has 0 spiro atoms. The number of methoxy groups -OCH3 is 1. The molecule has 0 atom stereocenters. The molecule has 0 unspecified atom stereocenters. The van der Waals surface area contributed by atoms with E-state index < -0.39 is 0 Å². The zero-order valence-corrected chi connectivity index (χ0v) is 18.8. The Hall–Kier alpha value is -4.23. The topological polar surface area (TPSA) is 137 Å². The van der Waals surface area contributed by atoms with Crippen LogP contribution in [0.15, 0.2) is 48.9 Å². The smallest absolute Gasteiger partial charge is 0.259 e. The van der Waals surface area contributed by atoms with Gasteiger partial charge in [-0.25, -0.2) is 15.0 Å². The zero-order chi connectivity index (χ0) is 23.8. The summed E-state index contributed by atoms with van der Waals surface area (Å²) in [6, 6.07) is 10.9. The van der Waals surface area contributed by atoms with Crippen molar-refractivity contribution in [3.05, 3.63) is 60.2 Å². The number of carbonyl (C=O) groups excluding carboxylic acids is 1. The molecule has 4 N–H and O–H groups in total. The molecule has 0 saturated carbocycles. The van der Waals surface area contributed by atoms with Gasteiger partial charge in [0.1, 0.15) is 23.5 Å². The normalized spacial score (nSPS) is 13.5. The van der Waals surface area contributed by atoms with E-state index >= 15 is 0 Å². The molecule has 174 valence electrons. The molecule has 1 aliphatic rings. The van der Waals surface area contributed by atoms with Crippen molar-refractivity contribution in [3.8, 4) is 11.8 Å². The summed E-state index contributed by atoms with van der Waals surface area (Å²) < 4.78 is 5.17. The number of piperidine rings is 1. The average molecular weight is 459 g/mol. The van der Waals surface area contributed by atoms with Crippen molar-refractivity contribution < 1.29 is 9.53 Å². The van der Waals surface area contributed by atoms with Crippen LogP contribution in [0.5, 0.6) is 5.75 Å². The summed E-state index contributed by atoms with van der Waals surface area (Å²) in [4.78, 5) is 25.6. The molecule has 34 heavy (non-hydrogen) atoms. The molecule has 1 aliphatic heterocycles. The van der Waals surface area contributed by atoms with Crippen LogP contribution in [0.4, 0.5) is 23.0 Å². The lowest BCUT2D eigenvalue weighted by Crippen LogP contribution is -2.31. The first-order valence-electron chi connectivity index (χ1n) is 11.0. The molecule has 0 bridgehead atoms. The van der Waals surface area contributed by atoms with Crippen LogP contribution in [0.1, 0.15) is 28.9 Å². The molecule has 10 nitrogen and oxygen atoms in total. The molecular weight excluding hydrogens is 432 g/mol. The number of benzene rings is 1. The number of hydrogen-bond acceptors (Lipinski definition) is 9. The zero-order valence-electron chi connectivity index (χ0n) is 18.8. The van der Waals surface area contributed by atoms with Crippen molar-refractivity contribution in [3.63, 3.8) is 0 Å². The second-order valence-corrected chi connectivity index (χ2v) is 7.90. The van der Waals surface area contributed by atoms with Gasteiger partial charge in [-0.15, -0.1) is 0 Å². The molecule has 1 saturated heterocycles. The van der Waals surface area contributed by atoms with Crippen molar-refractivity contribution in [2.75, 3.05) is 42.7 Å². The summed E-state index contributed by atoms with van der Waals surface area (Å²) >= 11 is 0. The third kappa shape index (κ3) is 5.96. The van der Waals surface area contributed by atoms with Gasteiger partial charge in [0.25, 0.3) is 5.91 Å². The molecule has 0 radical (unpaired) electrons. The Kier molecular flexibility index (Phi) is 7.47. The van der Waals surface area contributed by atoms with Crippen LogP contribution >= 0.6 is 0 Å². The minimum absolute atomic E-state index is 0.230. The van der Waals surface area contributed by atoms with E-state index in [0.717, 1.165) is 32.5 Å². The van der Waals surface area contributed by atoms with Crippen molar-refractivity contribution in [1.29, 1.82) is 5.26 Å². The van der Waals surface area contributed by atoms with Gasteiger partial charge in [-0.1, -0.05) is 0 Å². The number of ether oxygens (including phenoxy) is 1. The Morgan fingerprint density at radius 2 is 1.88 bits per heavy atom. The second-order valence-electron chi connectivity index (χ2n) is 7.90. The van der Waals surface area contributed by atoms with Crippen LogP contribution in [0, 0.1) is 17.2 Å². The minimum atomic E-state index is -0.268. The Bertz CT molecular complexity index is 1150. The van der Waals surface area contributed by atoms with Gasteiger partial charge in [0.15, 0.2) is 5.69 Å². The highest BCUT2D eigenvalue weighted by Gasteiger charge is 2.17. The first kappa shape index (κ1) is 22.9. The van der Waals surface area contributed by atoms with Gasteiger partial charge in [0, 0.05) is 24.5 Å². The molecule has 4 rings (SSSR count). The van der Waals surface area contributed by atoms with Crippen molar-refractivity contribution in [1.82, 2.24) is 20.3 Å². The number of aromatic nitrogens is 3. The summed E-state index contributed by atoms with van der Waals surface area (Å²) in [7, 11) is 1.60. The number of pyridine rings is 1. The van der Waals surface area contributed by atoms with Gasteiger partial charge in [-0.3, -0.25) is 4.79 Å². The molecule has 1 aromatic carbocycles. The lowest BCUT2D eigenvalue weighted by atomic mass is 9.98. The van der Waals surface area contributed by atoms with E-state index in [1.54, 1.807) is 37.4 Å². The molecule has 3 heterocycles. The number of nitriles is 1. The maximum Gasteiger partial charge on any atom is 0.259 e. The van der Waals surface area contributed by atoms with Crippen molar-refractivity contribution in [2.45, 2.75) is 12.8 Å². The van der Waals surface area contributed by atoms with Crippen LogP contribution < -0.4 is 26.0 Å². The maximum atomic E-state index is 13.1. The molecular formula is C24H26N8O2. The summed E-state index contributed by atoms with van der Waals surface area (Å²) in [5.41, 5.74) is 1.99. The molecule has 0 aliphatic carbocycles. The summed E-state index contributed by atoms with van der Waals surface area (Å²) in [5.74, 6) is 1.92. The second kappa shape index (κ2) is 11.1. The maximum absolute atomic E-state index is 13.1. The number of carbonyl (C=O) groups is 1. The highest BCUT2D eigenvalue weighted by atomic mass is 16.5. The third-order valence-corrected chi connectivity index (χ3v) is 5.56. The average Bonchev–Trinajstić information content (AvgIpc) is 2.89. The molecule has 3 aromatic rings. The summed E-state index contributed by atoms with van der Waals surface area (Å²) in [6.45, 7) is 2.75. The molecule has 1 amide bonds. The third-order valence-electron chi connectivity index (χ3n) is 5.56. The van der Waals surface area contributed by atoms with E-state index in [9.17, 15) is 4.79 Å². The van der Waals surface area contributed by atoms with E-state index in [4.69, 9.17) is 10.00 Å². The summed E-state index contributed by atoms with van der Waals surface area (Å²) in [5, 5.41) is 21.7.